The van der Waals surface area contributed by atoms with Gasteiger partial charge in [-0.15, -0.1) is 11.3 Å². The maximum Gasteiger partial charge on any atom is 0.257 e. The molecule has 7 heteroatoms. The third-order valence-electron chi connectivity index (χ3n) is 4.16. The van der Waals surface area contributed by atoms with E-state index in [0.717, 1.165) is 20.8 Å². The highest BCUT2D eigenvalue weighted by molar-refractivity contribution is 7.21. The Labute approximate surface area is 175 Å². The highest BCUT2D eigenvalue weighted by atomic mass is 35.5. The van der Waals surface area contributed by atoms with Crippen molar-refractivity contribution in [2.24, 2.45) is 0 Å². The molecule has 0 spiro atoms. The van der Waals surface area contributed by atoms with Crippen LogP contribution in [-0.2, 0) is 0 Å². The Morgan fingerprint density at radius 3 is 2.68 bits per heavy atom. The van der Waals surface area contributed by atoms with Crippen molar-refractivity contribution in [3.63, 3.8) is 0 Å². The Balaban J connectivity index is 1.71. The number of ether oxygens (including phenoxy) is 1. The van der Waals surface area contributed by atoms with E-state index in [9.17, 15) is 4.79 Å². The Hall–Kier alpha value is -2.60. The lowest BCUT2D eigenvalue weighted by molar-refractivity contribution is 0.102. The van der Waals surface area contributed by atoms with Crippen LogP contribution in [0.3, 0.4) is 0 Å². The molecule has 0 fully saturated rings. The molecule has 3 aromatic carbocycles. The number of carbonyl (C=O) groups excluding carboxylic acids is 1. The lowest BCUT2D eigenvalue weighted by Gasteiger charge is -2.12. The van der Waals surface area contributed by atoms with Gasteiger partial charge in [0.15, 0.2) is 0 Å². The van der Waals surface area contributed by atoms with Crippen LogP contribution in [-0.4, -0.2) is 18.0 Å². The van der Waals surface area contributed by atoms with Gasteiger partial charge in [0, 0.05) is 10.6 Å². The van der Waals surface area contributed by atoms with E-state index in [1.54, 1.807) is 36.6 Å². The summed E-state index contributed by atoms with van der Waals surface area (Å²) in [6, 6.07) is 18.3. The van der Waals surface area contributed by atoms with E-state index in [4.69, 9.17) is 27.9 Å². The minimum Gasteiger partial charge on any atom is -0.495 e. The van der Waals surface area contributed by atoms with Gasteiger partial charge in [-0.3, -0.25) is 4.79 Å². The smallest absolute Gasteiger partial charge is 0.257 e. The van der Waals surface area contributed by atoms with Gasteiger partial charge in [-0.1, -0.05) is 35.3 Å². The fourth-order valence-electron chi connectivity index (χ4n) is 2.80. The summed E-state index contributed by atoms with van der Waals surface area (Å²) in [6.45, 7) is 0. The molecule has 0 aliphatic rings. The average molecular weight is 429 g/mol. The Morgan fingerprint density at radius 2 is 1.89 bits per heavy atom. The van der Waals surface area contributed by atoms with Crippen LogP contribution < -0.4 is 10.1 Å². The molecule has 0 aliphatic carbocycles. The van der Waals surface area contributed by atoms with Crippen LogP contribution in [0.4, 0.5) is 5.69 Å². The van der Waals surface area contributed by atoms with E-state index < -0.39 is 0 Å². The topological polar surface area (TPSA) is 51.2 Å². The van der Waals surface area contributed by atoms with Crippen LogP contribution in [0.2, 0.25) is 10.0 Å². The van der Waals surface area contributed by atoms with Gasteiger partial charge in [0.1, 0.15) is 10.8 Å². The van der Waals surface area contributed by atoms with Crippen LogP contribution >= 0.6 is 34.5 Å². The van der Waals surface area contributed by atoms with Crippen LogP contribution in [0.5, 0.6) is 5.75 Å². The van der Waals surface area contributed by atoms with Crippen LogP contribution in [0.15, 0.2) is 60.7 Å². The molecule has 28 heavy (non-hydrogen) atoms. The molecule has 1 aromatic heterocycles. The number of para-hydroxylation sites is 1. The molecule has 1 heterocycles. The number of nitrogens with zero attached hydrogens (tertiary/aromatic N) is 1. The first-order valence-corrected chi connectivity index (χ1v) is 9.93. The lowest BCUT2D eigenvalue weighted by Crippen LogP contribution is -2.13. The maximum atomic E-state index is 12.7. The number of thiazole rings is 1. The van der Waals surface area contributed by atoms with E-state index in [0.29, 0.717) is 27.0 Å². The zero-order valence-corrected chi connectivity index (χ0v) is 17.0. The second-order valence-electron chi connectivity index (χ2n) is 5.98. The summed E-state index contributed by atoms with van der Waals surface area (Å²) in [6.07, 6.45) is 0. The minimum absolute atomic E-state index is 0.293. The number of methoxy groups -OCH3 is 1. The predicted octanol–water partition coefficient (Wildman–Crippen LogP) is 6.53. The molecular formula is C21H14Cl2N2O2S. The number of fused-ring (bicyclic) bond motifs is 1. The van der Waals surface area contributed by atoms with Crippen molar-refractivity contribution >= 4 is 56.3 Å². The molecule has 4 nitrogen and oxygen atoms in total. The molecule has 1 N–H and O–H groups in total. The fourth-order valence-corrected chi connectivity index (χ4v) is 4.13. The van der Waals surface area contributed by atoms with E-state index in [1.807, 2.05) is 36.4 Å². The van der Waals surface area contributed by atoms with Crippen LogP contribution in [0.25, 0.3) is 20.8 Å². The molecular weight excluding hydrogens is 415 g/mol. The number of benzene rings is 3. The van der Waals surface area contributed by atoms with Gasteiger partial charge in [-0.25, -0.2) is 4.98 Å². The van der Waals surface area contributed by atoms with E-state index in [1.165, 1.54) is 6.07 Å². The van der Waals surface area contributed by atoms with E-state index in [2.05, 4.69) is 10.3 Å². The number of anilines is 1. The lowest BCUT2D eigenvalue weighted by atomic mass is 10.1. The maximum absolute atomic E-state index is 12.7. The number of hydrogen-bond acceptors (Lipinski definition) is 4. The van der Waals surface area contributed by atoms with Crippen molar-refractivity contribution < 1.29 is 9.53 Å². The second kappa shape index (κ2) is 7.80. The molecule has 0 saturated carbocycles. The quantitative estimate of drug-likeness (QED) is 0.401. The first-order chi connectivity index (χ1) is 13.5. The molecule has 0 unspecified atom stereocenters. The number of nitrogens with one attached hydrogen (secondary N) is 1. The van der Waals surface area contributed by atoms with E-state index >= 15 is 0 Å². The summed E-state index contributed by atoms with van der Waals surface area (Å²) >= 11 is 13.7. The number of rotatable bonds is 4. The third kappa shape index (κ3) is 3.69. The van der Waals surface area contributed by atoms with Crippen LogP contribution in [0, 0.1) is 0 Å². The van der Waals surface area contributed by atoms with Gasteiger partial charge in [-0.05, 0) is 48.5 Å². The van der Waals surface area contributed by atoms with Gasteiger partial charge < -0.3 is 10.1 Å². The molecule has 0 atom stereocenters. The van der Waals surface area contributed by atoms with Crippen molar-refractivity contribution in [2.45, 2.75) is 0 Å². The molecule has 0 saturated heterocycles. The summed E-state index contributed by atoms with van der Waals surface area (Å²) in [7, 11) is 1.55. The molecule has 0 bridgehead atoms. The highest BCUT2D eigenvalue weighted by Gasteiger charge is 2.15. The summed E-state index contributed by atoms with van der Waals surface area (Å²) in [5, 5.41) is 4.48. The second-order valence-corrected chi connectivity index (χ2v) is 7.85. The van der Waals surface area contributed by atoms with Crippen molar-refractivity contribution in [2.75, 3.05) is 12.4 Å². The van der Waals surface area contributed by atoms with Crippen LogP contribution in [0.1, 0.15) is 10.4 Å². The van der Waals surface area contributed by atoms with Gasteiger partial charge in [0.2, 0.25) is 0 Å². The number of halogens is 2. The van der Waals surface area contributed by atoms with E-state index in [-0.39, 0.29) is 5.91 Å². The van der Waals surface area contributed by atoms with Gasteiger partial charge >= 0.3 is 0 Å². The molecule has 0 radical (unpaired) electrons. The fraction of sp³-hybridized carbons (Fsp3) is 0.0476. The number of hydrogen-bond donors (Lipinski definition) is 1. The predicted molar refractivity (Wildman–Crippen MR) is 116 cm³/mol. The Kier molecular flexibility index (Phi) is 5.22. The largest absolute Gasteiger partial charge is 0.495 e. The Bertz CT molecular complexity index is 1160. The van der Waals surface area contributed by atoms with Gasteiger partial charge in [0.05, 0.1) is 33.6 Å². The summed E-state index contributed by atoms with van der Waals surface area (Å²) in [5.41, 5.74) is 2.64. The SMILES string of the molecule is COc1ccc(-c2nc3ccccc3s2)cc1NC(=O)c1cc(Cl)ccc1Cl. The number of carbonyl (C=O) groups is 1. The van der Waals surface area contributed by atoms with Crippen molar-refractivity contribution in [1.29, 1.82) is 0 Å². The molecule has 4 aromatic rings. The standard InChI is InChI=1S/C21H14Cl2N2O2S/c1-27-18-9-6-12(21-25-16-4-2-3-5-19(16)28-21)10-17(18)24-20(26)14-11-13(22)7-8-15(14)23/h2-11H,1H3,(H,24,26). The zero-order valence-electron chi connectivity index (χ0n) is 14.7. The van der Waals surface area contributed by atoms with Gasteiger partial charge in [0.25, 0.3) is 5.91 Å². The van der Waals surface area contributed by atoms with Crippen molar-refractivity contribution in [3.05, 3.63) is 76.3 Å². The summed E-state index contributed by atoms with van der Waals surface area (Å²) < 4.78 is 6.50. The first-order valence-electron chi connectivity index (χ1n) is 8.35. The van der Waals surface area contributed by atoms with Crippen molar-refractivity contribution in [1.82, 2.24) is 4.98 Å². The number of aromatic nitrogens is 1. The van der Waals surface area contributed by atoms with Crippen molar-refractivity contribution in [3.8, 4) is 16.3 Å². The molecule has 140 valence electrons. The van der Waals surface area contributed by atoms with Gasteiger partial charge in [-0.2, -0.15) is 0 Å². The normalized spacial score (nSPS) is 10.8. The third-order valence-corrected chi connectivity index (χ3v) is 5.81. The first kappa shape index (κ1) is 18.7. The molecule has 0 aliphatic heterocycles. The number of amides is 1. The molecule has 4 rings (SSSR count). The minimum atomic E-state index is -0.368. The summed E-state index contributed by atoms with van der Waals surface area (Å²) in [4.78, 5) is 17.4. The Morgan fingerprint density at radius 1 is 1.07 bits per heavy atom. The zero-order chi connectivity index (χ0) is 19.7. The highest BCUT2D eigenvalue weighted by Crippen LogP contribution is 2.35. The molecule has 1 amide bonds. The summed E-state index contributed by atoms with van der Waals surface area (Å²) in [5.74, 6) is 0.170. The average Bonchev–Trinajstić information content (AvgIpc) is 3.14. The monoisotopic (exact) mass is 428 g/mol.